The number of hydrogen-bond acceptors (Lipinski definition) is 3. The molecule has 2 aromatic heterocycles. The van der Waals surface area contributed by atoms with Gasteiger partial charge in [-0.3, -0.25) is 0 Å². The molecular formula is C15H13NO2. The summed E-state index contributed by atoms with van der Waals surface area (Å²) in [5.41, 5.74) is 1.67. The van der Waals surface area contributed by atoms with Crippen LogP contribution in [0.2, 0.25) is 0 Å². The van der Waals surface area contributed by atoms with Gasteiger partial charge in [-0.2, -0.15) is 0 Å². The van der Waals surface area contributed by atoms with Gasteiger partial charge < -0.3 is 9.15 Å². The van der Waals surface area contributed by atoms with Crippen LogP contribution in [-0.4, -0.2) is 12.1 Å². The van der Waals surface area contributed by atoms with Crippen LogP contribution in [0.15, 0.2) is 46.9 Å². The standard InChI is InChI=1S/C15H13NO2/c1-10-7-8-13(18-10)15-14(17-2)9-11-5-3-4-6-12(11)16-15/h3-9H,1-2H3. The zero-order chi connectivity index (χ0) is 12.5. The van der Waals surface area contributed by atoms with Gasteiger partial charge in [-0.15, -0.1) is 0 Å². The van der Waals surface area contributed by atoms with E-state index in [0.29, 0.717) is 0 Å². The molecule has 0 aliphatic rings. The lowest BCUT2D eigenvalue weighted by atomic mass is 10.1. The van der Waals surface area contributed by atoms with Gasteiger partial charge in [-0.25, -0.2) is 4.98 Å². The molecule has 18 heavy (non-hydrogen) atoms. The monoisotopic (exact) mass is 239 g/mol. The average molecular weight is 239 g/mol. The van der Waals surface area contributed by atoms with E-state index in [0.717, 1.165) is 33.9 Å². The van der Waals surface area contributed by atoms with Crippen LogP contribution in [0.4, 0.5) is 0 Å². The van der Waals surface area contributed by atoms with Gasteiger partial charge in [0.1, 0.15) is 17.2 Å². The molecule has 0 fully saturated rings. The molecular weight excluding hydrogens is 226 g/mol. The Morgan fingerprint density at radius 2 is 1.94 bits per heavy atom. The first-order valence-electron chi connectivity index (χ1n) is 5.78. The first-order valence-corrected chi connectivity index (χ1v) is 5.78. The fraction of sp³-hybridized carbons (Fsp3) is 0.133. The quantitative estimate of drug-likeness (QED) is 0.682. The molecule has 0 aliphatic heterocycles. The van der Waals surface area contributed by atoms with Crippen LogP contribution in [-0.2, 0) is 0 Å². The molecule has 0 bridgehead atoms. The number of aromatic nitrogens is 1. The molecule has 3 heteroatoms. The molecule has 0 aliphatic carbocycles. The average Bonchev–Trinajstić information content (AvgIpc) is 2.83. The first kappa shape index (κ1) is 10.8. The molecule has 3 rings (SSSR count). The van der Waals surface area contributed by atoms with Crippen LogP contribution in [0.5, 0.6) is 5.75 Å². The summed E-state index contributed by atoms with van der Waals surface area (Å²) in [6.45, 7) is 1.91. The van der Waals surface area contributed by atoms with Crippen molar-refractivity contribution in [1.82, 2.24) is 4.98 Å². The van der Waals surface area contributed by atoms with Crippen molar-refractivity contribution in [2.45, 2.75) is 6.92 Å². The van der Waals surface area contributed by atoms with Crippen LogP contribution in [0.25, 0.3) is 22.4 Å². The Balaban J connectivity index is 2.26. The predicted molar refractivity (Wildman–Crippen MR) is 70.7 cm³/mol. The predicted octanol–water partition coefficient (Wildman–Crippen LogP) is 3.81. The van der Waals surface area contributed by atoms with Crippen LogP contribution >= 0.6 is 0 Å². The van der Waals surface area contributed by atoms with Crippen molar-refractivity contribution < 1.29 is 9.15 Å². The number of benzene rings is 1. The minimum atomic E-state index is 0.725. The largest absolute Gasteiger partial charge is 0.494 e. The van der Waals surface area contributed by atoms with Gasteiger partial charge in [0.25, 0.3) is 0 Å². The summed E-state index contributed by atoms with van der Waals surface area (Å²) in [7, 11) is 1.64. The van der Waals surface area contributed by atoms with Crippen molar-refractivity contribution in [3.05, 3.63) is 48.2 Å². The van der Waals surface area contributed by atoms with Crippen molar-refractivity contribution in [1.29, 1.82) is 0 Å². The van der Waals surface area contributed by atoms with E-state index in [4.69, 9.17) is 9.15 Å². The van der Waals surface area contributed by atoms with Crippen LogP contribution in [0, 0.1) is 6.92 Å². The van der Waals surface area contributed by atoms with E-state index in [1.54, 1.807) is 7.11 Å². The maximum Gasteiger partial charge on any atom is 0.156 e. The maximum atomic E-state index is 5.62. The molecule has 0 amide bonds. The zero-order valence-corrected chi connectivity index (χ0v) is 10.3. The third kappa shape index (κ3) is 1.74. The topological polar surface area (TPSA) is 35.3 Å². The van der Waals surface area contributed by atoms with E-state index in [9.17, 15) is 0 Å². The summed E-state index contributed by atoms with van der Waals surface area (Å²) in [5.74, 6) is 2.32. The maximum absolute atomic E-state index is 5.62. The number of fused-ring (bicyclic) bond motifs is 1. The third-order valence-corrected chi connectivity index (χ3v) is 2.88. The number of para-hydroxylation sites is 1. The molecule has 3 aromatic rings. The lowest BCUT2D eigenvalue weighted by molar-refractivity contribution is 0.413. The molecule has 0 saturated carbocycles. The number of nitrogens with zero attached hydrogens (tertiary/aromatic N) is 1. The third-order valence-electron chi connectivity index (χ3n) is 2.88. The zero-order valence-electron chi connectivity index (χ0n) is 10.3. The second kappa shape index (κ2) is 4.18. The van der Waals surface area contributed by atoms with Gasteiger partial charge >= 0.3 is 0 Å². The Bertz CT molecular complexity index is 701. The molecule has 0 saturated heterocycles. The van der Waals surface area contributed by atoms with Crippen LogP contribution < -0.4 is 4.74 Å². The van der Waals surface area contributed by atoms with E-state index < -0.39 is 0 Å². The van der Waals surface area contributed by atoms with E-state index in [2.05, 4.69) is 4.98 Å². The van der Waals surface area contributed by atoms with E-state index in [-0.39, 0.29) is 0 Å². The molecule has 0 unspecified atom stereocenters. The minimum absolute atomic E-state index is 0.725. The number of pyridine rings is 1. The number of hydrogen-bond donors (Lipinski definition) is 0. The summed E-state index contributed by atoms with van der Waals surface area (Å²) < 4.78 is 11.0. The molecule has 90 valence electrons. The Morgan fingerprint density at radius 1 is 1.11 bits per heavy atom. The second-order valence-corrected chi connectivity index (χ2v) is 4.14. The van der Waals surface area contributed by atoms with Crippen LogP contribution in [0.1, 0.15) is 5.76 Å². The Labute approximate surface area is 105 Å². The fourth-order valence-corrected chi connectivity index (χ4v) is 1.99. The van der Waals surface area contributed by atoms with Gasteiger partial charge in [0.15, 0.2) is 5.76 Å². The summed E-state index contributed by atoms with van der Waals surface area (Å²) in [5, 5.41) is 1.06. The lowest BCUT2D eigenvalue weighted by Crippen LogP contribution is -1.91. The summed E-state index contributed by atoms with van der Waals surface area (Å²) >= 11 is 0. The highest BCUT2D eigenvalue weighted by Crippen LogP contribution is 2.32. The number of methoxy groups -OCH3 is 1. The second-order valence-electron chi connectivity index (χ2n) is 4.14. The highest BCUT2D eigenvalue weighted by Gasteiger charge is 2.12. The van der Waals surface area contributed by atoms with Gasteiger partial charge in [0.05, 0.1) is 12.6 Å². The highest BCUT2D eigenvalue weighted by atomic mass is 16.5. The molecule has 2 heterocycles. The summed E-state index contributed by atoms with van der Waals surface area (Å²) in [6.07, 6.45) is 0. The normalized spacial score (nSPS) is 10.8. The number of rotatable bonds is 2. The lowest BCUT2D eigenvalue weighted by Gasteiger charge is -2.07. The molecule has 0 spiro atoms. The van der Waals surface area contributed by atoms with Gasteiger partial charge in [-0.1, -0.05) is 18.2 Å². The van der Waals surface area contributed by atoms with Crippen molar-refractivity contribution in [2.24, 2.45) is 0 Å². The SMILES string of the molecule is COc1cc2ccccc2nc1-c1ccc(C)o1. The highest BCUT2D eigenvalue weighted by molar-refractivity contribution is 5.84. The van der Waals surface area contributed by atoms with Crippen molar-refractivity contribution in [3.63, 3.8) is 0 Å². The van der Waals surface area contributed by atoms with Gasteiger partial charge in [-0.05, 0) is 31.2 Å². The number of aryl methyl sites for hydroxylation is 1. The van der Waals surface area contributed by atoms with Gasteiger partial charge in [0, 0.05) is 5.39 Å². The number of ether oxygens (including phenoxy) is 1. The molecule has 0 N–H and O–H groups in total. The van der Waals surface area contributed by atoms with E-state index >= 15 is 0 Å². The molecule has 0 radical (unpaired) electrons. The minimum Gasteiger partial charge on any atom is -0.494 e. The van der Waals surface area contributed by atoms with Crippen LogP contribution in [0.3, 0.4) is 0 Å². The van der Waals surface area contributed by atoms with Crippen molar-refractivity contribution in [2.75, 3.05) is 7.11 Å². The van der Waals surface area contributed by atoms with Crippen molar-refractivity contribution >= 4 is 10.9 Å². The Hall–Kier alpha value is -2.29. The molecule has 1 aromatic carbocycles. The fourth-order valence-electron chi connectivity index (χ4n) is 1.99. The van der Waals surface area contributed by atoms with Gasteiger partial charge in [0.2, 0.25) is 0 Å². The van der Waals surface area contributed by atoms with Crippen molar-refractivity contribution in [3.8, 4) is 17.2 Å². The molecule has 3 nitrogen and oxygen atoms in total. The Kier molecular flexibility index (Phi) is 2.52. The summed E-state index contributed by atoms with van der Waals surface area (Å²) in [4.78, 5) is 4.61. The molecule has 0 atom stereocenters. The van der Waals surface area contributed by atoms with E-state index in [1.807, 2.05) is 49.4 Å². The Morgan fingerprint density at radius 3 is 2.67 bits per heavy atom. The number of furan rings is 1. The van der Waals surface area contributed by atoms with E-state index in [1.165, 1.54) is 0 Å². The summed E-state index contributed by atoms with van der Waals surface area (Å²) in [6, 6.07) is 13.8. The first-order chi connectivity index (χ1) is 8.78. The smallest absolute Gasteiger partial charge is 0.156 e.